The number of aryl methyl sites for hydroxylation is 1. The highest BCUT2D eigenvalue weighted by Gasteiger charge is 2.65. The fraction of sp³-hybridized carbons (Fsp3) is 0.673. The molecule has 61 heavy (non-hydrogen) atoms. The lowest BCUT2D eigenvalue weighted by molar-refractivity contribution is -0.207. The molecule has 0 spiro atoms. The molecule has 9 rings (SSSR count). The van der Waals surface area contributed by atoms with Gasteiger partial charge < -0.3 is 39.2 Å². The molecule has 1 aromatic carbocycles. The van der Waals surface area contributed by atoms with E-state index in [1.54, 1.807) is 17.6 Å². The van der Waals surface area contributed by atoms with Crippen molar-refractivity contribution in [2.45, 2.75) is 149 Å². The molecule has 0 amide bonds. The van der Waals surface area contributed by atoms with E-state index in [0.29, 0.717) is 79.4 Å². The van der Waals surface area contributed by atoms with Crippen LogP contribution < -0.4 is 10.3 Å². The van der Waals surface area contributed by atoms with Crippen molar-refractivity contribution >= 4 is 22.8 Å². The number of ether oxygens (including phenoxy) is 3. The summed E-state index contributed by atoms with van der Waals surface area (Å²) < 4.78 is 18.7. The van der Waals surface area contributed by atoms with E-state index >= 15 is 0 Å². The highest BCUT2D eigenvalue weighted by molar-refractivity contribution is 5.90. The number of fused-ring (bicyclic) bond motifs is 10. The van der Waals surface area contributed by atoms with Crippen molar-refractivity contribution in [2.24, 2.45) is 46.3 Å². The van der Waals surface area contributed by atoms with Crippen LogP contribution in [0.15, 0.2) is 29.1 Å². The van der Waals surface area contributed by atoms with Crippen LogP contribution in [-0.2, 0) is 44.2 Å². The smallest absolute Gasteiger partial charge is 0.343 e. The van der Waals surface area contributed by atoms with Crippen molar-refractivity contribution in [1.29, 1.82) is 0 Å². The highest BCUT2D eigenvalue weighted by atomic mass is 16.6. The van der Waals surface area contributed by atoms with Gasteiger partial charge in [0.25, 0.3) is 5.56 Å². The summed E-state index contributed by atoms with van der Waals surface area (Å²) in [4.78, 5) is 44.2. The summed E-state index contributed by atoms with van der Waals surface area (Å²) in [5.74, 6) is 1.16. The molecule has 0 saturated heterocycles. The van der Waals surface area contributed by atoms with Gasteiger partial charge in [-0.3, -0.25) is 9.59 Å². The maximum absolute atomic E-state index is 13.7. The zero-order chi connectivity index (χ0) is 43.2. The molecule has 3 aromatic rings. The lowest BCUT2D eigenvalue weighted by atomic mass is 9.43. The Morgan fingerprint density at radius 2 is 1.82 bits per heavy atom. The van der Waals surface area contributed by atoms with Gasteiger partial charge in [0, 0.05) is 29.4 Å². The minimum absolute atomic E-state index is 0.0432. The number of pyridine rings is 2. The lowest BCUT2D eigenvalue weighted by Crippen LogP contribution is -2.62. The fourth-order valence-electron chi connectivity index (χ4n) is 13.8. The molecular weight excluding hydrogens is 777 g/mol. The van der Waals surface area contributed by atoms with Crippen molar-refractivity contribution in [3.63, 3.8) is 0 Å². The largest absolute Gasteiger partial charge is 0.493 e. The number of carbonyl (C=O) groups excluding carboxylic acids is 2. The Morgan fingerprint density at radius 1 is 1.02 bits per heavy atom. The maximum atomic E-state index is 13.7. The van der Waals surface area contributed by atoms with Crippen LogP contribution in [0.4, 0.5) is 0 Å². The number of aliphatic hydroxyl groups excluding tert-OH is 3. The van der Waals surface area contributed by atoms with Gasteiger partial charge in [0.2, 0.25) is 0 Å². The van der Waals surface area contributed by atoms with E-state index in [0.717, 1.165) is 60.6 Å². The van der Waals surface area contributed by atoms with Gasteiger partial charge in [0.15, 0.2) is 5.60 Å². The van der Waals surface area contributed by atoms with Crippen molar-refractivity contribution in [3.05, 3.63) is 56.9 Å². The zero-order valence-electron chi connectivity index (χ0n) is 36.5. The Labute approximate surface area is 358 Å². The number of aromatic nitrogens is 2. The first-order valence-electron chi connectivity index (χ1n) is 23.1. The standard InChI is InChI=1S/C49H64N2O10/c1-6-30-31-21-29(10-13-38(31)50-44-32(30)24-51-39(44)22-36-33(45(51)56)25-61-46(57)49(36,58)7-2)59-17-8-18-60-42(55)14-9-26(3)34-11-12-35-43-37(23-41(54)48(34,35)5)47(4)16-15-28(52)19-27(47)20-40(43)53/h10,13,21-22,26-28,34-35,37,40-41,43,52-54,58H,6-9,11-12,14-20,23-25H2,1-5H3/t26-,27?,28?,34?,35?,37?,40-,41?,43?,47?,48?,49+/m1/s1. The Kier molecular flexibility index (Phi) is 11.0. The Bertz CT molecular complexity index is 2290. The molecule has 4 heterocycles. The molecule has 12 heteroatoms. The Hall–Kier alpha value is -3.84. The first kappa shape index (κ1) is 42.5. The average Bonchev–Trinajstić information content (AvgIpc) is 3.80. The topological polar surface area (TPSA) is 178 Å². The number of aliphatic hydroxyl groups is 4. The van der Waals surface area contributed by atoms with Gasteiger partial charge in [-0.15, -0.1) is 0 Å². The zero-order valence-corrected chi connectivity index (χ0v) is 36.5. The molecule has 4 aliphatic carbocycles. The van der Waals surface area contributed by atoms with Crippen LogP contribution in [0.2, 0.25) is 0 Å². The van der Waals surface area contributed by atoms with Gasteiger partial charge in [-0.1, -0.05) is 34.6 Å². The van der Waals surface area contributed by atoms with Crippen LogP contribution in [0.25, 0.3) is 22.3 Å². The van der Waals surface area contributed by atoms with E-state index in [1.807, 2.05) is 18.2 Å². The second kappa shape index (κ2) is 15.7. The van der Waals surface area contributed by atoms with Crippen molar-refractivity contribution in [3.8, 4) is 17.1 Å². The quantitative estimate of drug-likeness (QED) is 0.0981. The van der Waals surface area contributed by atoms with Crippen LogP contribution in [0.3, 0.4) is 0 Å². The number of esters is 2. The third kappa shape index (κ3) is 6.67. The summed E-state index contributed by atoms with van der Waals surface area (Å²) in [6, 6.07) is 7.47. The van der Waals surface area contributed by atoms with Gasteiger partial charge in [-0.25, -0.2) is 9.78 Å². The molecule has 6 aliphatic rings. The second-order valence-corrected chi connectivity index (χ2v) is 20.0. The van der Waals surface area contributed by atoms with Crippen molar-refractivity contribution in [1.82, 2.24) is 9.55 Å². The van der Waals surface area contributed by atoms with E-state index in [2.05, 4.69) is 27.7 Å². The summed E-state index contributed by atoms with van der Waals surface area (Å²) in [5.41, 5.74) is 2.16. The monoisotopic (exact) mass is 840 g/mol. The number of nitrogens with zero attached hydrogens (tertiary/aromatic N) is 2. The maximum Gasteiger partial charge on any atom is 0.343 e. The van der Waals surface area contributed by atoms with Crippen molar-refractivity contribution in [2.75, 3.05) is 13.2 Å². The number of carbonyl (C=O) groups is 2. The lowest BCUT2D eigenvalue weighted by Gasteiger charge is -2.63. The molecule has 330 valence electrons. The third-order valence-electron chi connectivity index (χ3n) is 17.3. The SMILES string of the molecule is CCc1c2c(nc3ccc(OCCCOC(=O)CC[C@@H](C)C4CCC5C6C(CC(O)C54C)C4(C)CCC(O)CC4C[C@H]6O)cc13)-c1cc3c(c(=O)n1C2)COC(=O)[C@]3(O)CC. The third-order valence-corrected chi connectivity index (χ3v) is 17.3. The van der Waals surface area contributed by atoms with Crippen LogP contribution in [-0.4, -0.2) is 73.4 Å². The van der Waals surface area contributed by atoms with Gasteiger partial charge in [-0.2, -0.15) is 0 Å². The molecule has 0 bridgehead atoms. The van der Waals surface area contributed by atoms with Crippen molar-refractivity contribution < 1.29 is 44.2 Å². The predicted molar refractivity (Wildman–Crippen MR) is 227 cm³/mol. The van der Waals surface area contributed by atoms with E-state index in [9.17, 15) is 34.8 Å². The first-order valence-corrected chi connectivity index (χ1v) is 23.1. The fourth-order valence-corrected chi connectivity index (χ4v) is 13.8. The number of rotatable bonds is 11. The summed E-state index contributed by atoms with van der Waals surface area (Å²) in [6.45, 7) is 11.3. The molecule has 9 unspecified atom stereocenters. The van der Waals surface area contributed by atoms with Gasteiger partial charge in [-0.05, 0) is 140 Å². The molecule has 2 aromatic heterocycles. The van der Waals surface area contributed by atoms with Crippen LogP contribution >= 0.6 is 0 Å². The minimum atomic E-state index is -1.88. The second-order valence-electron chi connectivity index (χ2n) is 20.0. The van der Waals surface area contributed by atoms with Crippen LogP contribution in [0.1, 0.15) is 128 Å². The number of benzene rings is 1. The molecular formula is C49H64N2O10. The summed E-state index contributed by atoms with van der Waals surface area (Å²) in [7, 11) is 0. The van der Waals surface area contributed by atoms with Gasteiger partial charge >= 0.3 is 11.9 Å². The summed E-state index contributed by atoms with van der Waals surface area (Å²) in [5, 5.41) is 46.1. The minimum Gasteiger partial charge on any atom is -0.493 e. The molecule has 4 saturated carbocycles. The molecule has 4 fully saturated rings. The Morgan fingerprint density at radius 3 is 2.59 bits per heavy atom. The number of hydrogen-bond acceptors (Lipinski definition) is 11. The average molecular weight is 841 g/mol. The van der Waals surface area contributed by atoms with Gasteiger partial charge in [0.05, 0.1) is 60.5 Å². The van der Waals surface area contributed by atoms with E-state index in [4.69, 9.17) is 19.2 Å². The van der Waals surface area contributed by atoms with E-state index in [1.165, 1.54) is 0 Å². The number of cyclic esters (lactones) is 1. The van der Waals surface area contributed by atoms with Crippen LogP contribution in [0.5, 0.6) is 5.75 Å². The Balaban J connectivity index is 0.787. The van der Waals surface area contributed by atoms with Gasteiger partial charge in [0.1, 0.15) is 12.4 Å². The van der Waals surface area contributed by atoms with Crippen LogP contribution in [0, 0.1) is 46.3 Å². The normalized spacial score (nSPS) is 35.3. The molecule has 12 atom stereocenters. The summed E-state index contributed by atoms with van der Waals surface area (Å²) in [6.07, 6.45) is 7.12. The molecule has 2 aliphatic heterocycles. The first-order chi connectivity index (χ1) is 29.1. The number of hydrogen-bond donors (Lipinski definition) is 4. The van der Waals surface area contributed by atoms with E-state index in [-0.39, 0.29) is 77.7 Å². The highest BCUT2D eigenvalue weighted by Crippen LogP contribution is 2.68. The summed E-state index contributed by atoms with van der Waals surface area (Å²) >= 11 is 0. The molecule has 0 radical (unpaired) electrons. The predicted octanol–water partition coefficient (Wildman–Crippen LogP) is 6.33. The van der Waals surface area contributed by atoms with E-state index < -0.39 is 23.8 Å². The molecule has 4 N–H and O–H groups in total. The molecule has 12 nitrogen and oxygen atoms in total.